The van der Waals surface area contributed by atoms with Gasteiger partial charge in [-0.25, -0.2) is 4.98 Å². The Labute approximate surface area is 127 Å². The van der Waals surface area contributed by atoms with Crippen LogP contribution in [0.1, 0.15) is 12.8 Å². The van der Waals surface area contributed by atoms with Gasteiger partial charge in [-0.15, -0.1) is 0 Å². The average Bonchev–Trinajstić information content (AvgIpc) is 3.21. The number of carbonyl (C=O) groups excluding carboxylic acids is 2. The third-order valence-electron chi connectivity index (χ3n) is 2.81. The molecule has 1 saturated carbocycles. The maximum Gasteiger partial charge on any atom is 0.239 e. The number of pyridine rings is 1. The number of carbonyl (C=O) groups is 2. The Kier molecular flexibility index (Phi) is 5.25. The molecule has 0 atom stereocenters. The lowest BCUT2D eigenvalue weighted by molar-refractivity contribution is -0.132. The molecular weight excluding hydrogens is 298 g/mol. The second-order valence-corrected chi connectivity index (χ2v) is 6.04. The van der Waals surface area contributed by atoms with Gasteiger partial charge in [-0.1, -0.05) is 23.4 Å². The number of amides is 2. The first-order chi connectivity index (χ1) is 9.56. The van der Waals surface area contributed by atoms with Crippen molar-refractivity contribution in [2.45, 2.75) is 23.9 Å². The molecular formula is C13H16ClN3O2S. The number of halogens is 1. The first kappa shape index (κ1) is 15.1. The zero-order valence-corrected chi connectivity index (χ0v) is 12.7. The van der Waals surface area contributed by atoms with Crippen molar-refractivity contribution in [2.75, 3.05) is 19.3 Å². The van der Waals surface area contributed by atoms with Crippen molar-refractivity contribution in [1.82, 2.24) is 15.2 Å². The van der Waals surface area contributed by atoms with Gasteiger partial charge >= 0.3 is 0 Å². The Bertz CT molecular complexity index is 508. The van der Waals surface area contributed by atoms with Crippen LogP contribution >= 0.6 is 23.4 Å². The van der Waals surface area contributed by atoms with Crippen LogP contribution in [0, 0.1) is 0 Å². The molecule has 108 valence electrons. The van der Waals surface area contributed by atoms with E-state index in [9.17, 15) is 9.59 Å². The second kappa shape index (κ2) is 6.95. The first-order valence-electron chi connectivity index (χ1n) is 6.33. The highest BCUT2D eigenvalue weighted by Gasteiger charge is 2.24. The smallest absolute Gasteiger partial charge is 0.239 e. The SMILES string of the molecule is CN(CC(=O)NC1CC1)C(=O)CSc1ncccc1Cl. The maximum absolute atomic E-state index is 11.9. The summed E-state index contributed by atoms with van der Waals surface area (Å²) in [4.78, 5) is 29.0. The van der Waals surface area contributed by atoms with Gasteiger partial charge in [0.2, 0.25) is 11.8 Å². The molecule has 0 spiro atoms. The zero-order valence-electron chi connectivity index (χ0n) is 11.1. The topological polar surface area (TPSA) is 62.3 Å². The van der Waals surface area contributed by atoms with Crippen LogP contribution < -0.4 is 5.32 Å². The molecule has 0 radical (unpaired) electrons. The number of nitrogens with zero attached hydrogens (tertiary/aromatic N) is 2. The number of hydrogen-bond acceptors (Lipinski definition) is 4. The van der Waals surface area contributed by atoms with Gasteiger partial charge in [0.15, 0.2) is 0 Å². The number of hydrogen-bond donors (Lipinski definition) is 1. The molecule has 7 heteroatoms. The molecule has 1 aromatic heterocycles. The fraction of sp³-hybridized carbons (Fsp3) is 0.462. The summed E-state index contributed by atoms with van der Waals surface area (Å²) in [6.45, 7) is 0.0891. The summed E-state index contributed by atoms with van der Waals surface area (Å²) in [6, 6.07) is 3.78. The first-order valence-corrected chi connectivity index (χ1v) is 7.69. The van der Waals surface area contributed by atoms with E-state index in [0.29, 0.717) is 16.1 Å². The minimum Gasteiger partial charge on any atom is -0.352 e. The lowest BCUT2D eigenvalue weighted by Gasteiger charge is -2.16. The van der Waals surface area contributed by atoms with Crippen LogP contribution in [0.5, 0.6) is 0 Å². The van der Waals surface area contributed by atoms with E-state index in [1.54, 1.807) is 25.4 Å². The molecule has 0 unspecified atom stereocenters. The Morgan fingerprint density at radius 1 is 1.55 bits per heavy atom. The molecule has 2 rings (SSSR count). The quantitative estimate of drug-likeness (QED) is 0.810. The van der Waals surface area contributed by atoms with Crippen molar-refractivity contribution in [3.63, 3.8) is 0 Å². The van der Waals surface area contributed by atoms with Gasteiger partial charge in [0.05, 0.1) is 17.3 Å². The fourth-order valence-electron chi connectivity index (χ4n) is 1.52. The maximum atomic E-state index is 11.9. The predicted octanol–water partition coefficient (Wildman–Crippen LogP) is 1.56. The van der Waals surface area contributed by atoms with E-state index in [1.807, 2.05) is 0 Å². The van der Waals surface area contributed by atoms with Gasteiger partial charge in [0.25, 0.3) is 0 Å². The van der Waals surface area contributed by atoms with E-state index in [1.165, 1.54) is 16.7 Å². The van der Waals surface area contributed by atoms with Gasteiger partial charge in [-0.05, 0) is 25.0 Å². The van der Waals surface area contributed by atoms with E-state index in [-0.39, 0.29) is 24.1 Å². The fourth-order valence-corrected chi connectivity index (χ4v) is 2.63. The molecule has 0 saturated heterocycles. The molecule has 0 aromatic carbocycles. The van der Waals surface area contributed by atoms with Gasteiger partial charge in [-0.2, -0.15) is 0 Å². The molecule has 0 bridgehead atoms. The van der Waals surface area contributed by atoms with Crippen LogP contribution in [0.15, 0.2) is 23.4 Å². The molecule has 2 amide bonds. The van der Waals surface area contributed by atoms with Crippen molar-refractivity contribution in [3.8, 4) is 0 Å². The van der Waals surface area contributed by atoms with E-state index >= 15 is 0 Å². The lowest BCUT2D eigenvalue weighted by Crippen LogP contribution is -2.39. The summed E-state index contributed by atoms with van der Waals surface area (Å²) in [5.74, 6) is -0.0175. The normalized spacial score (nSPS) is 13.9. The number of thioether (sulfide) groups is 1. The summed E-state index contributed by atoms with van der Waals surface area (Å²) >= 11 is 7.23. The molecule has 20 heavy (non-hydrogen) atoms. The molecule has 0 aliphatic heterocycles. The van der Waals surface area contributed by atoms with Crippen LogP contribution in [0.4, 0.5) is 0 Å². The van der Waals surface area contributed by atoms with Gasteiger partial charge in [0.1, 0.15) is 5.03 Å². The van der Waals surface area contributed by atoms with Crippen LogP contribution in [-0.4, -0.2) is 47.1 Å². The van der Waals surface area contributed by atoms with E-state index in [4.69, 9.17) is 11.6 Å². The molecule has 5 nitrogen and oxygen atoms in total. The van der Waals surface area contributed by atoms with Crippen molar-refractivity contribution in [2.24, 2.45) is 0 Å². The monoisotopic (exact) mass is 313 g/mol. The van der Waals surface area contributed by atoms with Crippen LogP contribution in [-0.2, 0) is 9.59 Å². The van der Waals surface area contributed by atoms with Crippen LogP contribution in [0.3, 0.4) is 0 Å². The van der Waals surface area contributed by atoms with E-state index in [0.717, 1.165) is 12.8 Å². The van der Waals surface area contributed by atoms with Crippen LogP contribution in [0.2, 0.25) is 5.02 Å². The second-order valence-electron chi connectivity index (χ2n) is 4.67. The molecule has 1 aliphatic carbocycles. The molecule has 1 fully saturated rings. The van der Waals surface area contributed by atoms with Crippen molar-refractivity contribution in [3.05, 3.63) is 23.4 Å². The van der Waals surface area contributed by atoms with Gasteiger partial charge in [0, 0.05) is 19.3 Å². The summed E-state index contributed by atoms with van der Waals surface area (Å²) < 4.78 is 0. The van der Waals surface area contributed by atoms with Crippen molar-refractivity contribution < 1.29 is 9.59 Å². The number of likely N-dealkylation sites (N-methyl/N-ethyl adjacent to an activating group) is 1. The highest BCUT2D eigenvalue weighted by atomic mass is 35.5. The molecule has 1 N–H and O–H groups in total. The highest BCUT2D eigenvalue weighted by molar-refractivity contribution is 8.00. The molecule has 1 heterocycles. The third-order valence-corrected chi connectivity index (χ3v) is 4.21. The zero-order chi connectivity index (χ0) is 14.5. The van der Waals surface area contributed by atoms with E-state index in [2.05, 4.69) is 10.3 Å². The molecule has 1 aliphatic rings. The summed E-state index contributed by atoms with van der Waals surface area (Å²) in [7, 11) is 1.62. The summed E-state index contributed by atoms with van der Waals surface area (Å²) in [5.41, 5.74) is 0. The van der Waals surface area contributed by atoms with Gasteiger partial charge < -0.3 is 10.2 Å². The molecule has 1 aromatic rings. The largest absolute Gasteiger partial charge is 0.352 e. The van der Waals surface area contributed by atoms with Crippen molar-refractivity contribution >= 4 is 35.2 Å². The number of aromatic nitrogens is 1. The Hall–Kier alpha value is -1.27. The Morgan fingerprint density at radius 2 is 2.30 bits per heavy atom. The number of rotatable bonds is 6. The summed E-state index contributed by atoms with van der Waals surface area (Å²) in [5, 5.41) is 4.00. The van der Waals surface area contributed by atoms with Crippen molar-refractivity contribution in [1.29, 1.82) is 0 Å². The van der Waals surface area contributed by atoms with Gasteiger partial charge in [-0.3, -0.25) is 9.59 Å². The van der Waals surface area contributed by atoms with Crippen LogP contribution in [0.25, 0.3) is 0 Å². The minimum absolute atomic E-state index is 0.0891. The minimum atomic E-state index is -0.123. The summed E-state index contributed by atoms with van der Waals surface area (Å²) in [6.07, 6.45) is 3.71. The highest BCUT2D eigenvalue weighted by Crippen LogP contribution is 2.24. The average molecular weight is 314 g/mol. The lowest BCUT2D eigenvalue weighted by atomic mass is 10.4. The standard InChI is InChI=1S/C13H16ClN3O2S/c1-17(7-11(18)16-9-4-5-9)12(19)8-20-13-10(14)3-2-6-15-13/h2-3,6,9H,4-5,7-8H2,1H3,(H,16,18). The number of nitrogens with one attached hydrogen (secondary N) is 1. The predicted molar refractivity (Wildman–Crippen MR) is 78.8 cm³/mol. The Balaban J connectivity index is 1.75. The van der Waals surface area contributed by atoms with E-state index < -0.39 is 0 Å². The third kappa shape index (κ3) is 4.68. The Morgan fingerprint density at radius 3 is 2.95 bits per heavy atom.